The summed E-state index contributed by atoms with van der Waals surface area (Å²) in [7, 11) is 1.61. The lowest BCUT2D eigenvalue weighted by Gasteiger charge is -1.97. The normalized spacial score (nSPS) is 38.2. The highest BCUT2D eigenvalue weighted by atomic mass is 16.7. The Labute approximate surface area is 71.7 Å². The van der Waals surface area contributed by atoms with Crippen molar-refractivity contribution < 1.29 is 18.9 Å². The van der Waals surface area contributed by atoms with Gasteiger partial charge in [-0.25, -0.2) is 0 Å². The lowest BCUT2D eigenvalue weighted by molar-refractivity contribution is -0.0351. The van der Waals surface area contributed by atoms with Crippen LogP contribution >= 0.6 is 0 Å². The van der Waals surface area contributed by atoms with Crippen LogP contribution in [0.15, 0.2) is 0 Å². The van der Waals surface area contributed by atoms with Gasteiger partial charge in [0.1, 0.15) is 12.9 Å². The highest BCUT2D eigenvalue weighted by Gasteiger charge is 2.43. The first-order valence-corrected chi connectivity index (χ1v) is 4.24. The Morgan fingerprint density at radius 1 is 1.42 bits per heavy atom. The molecule has 0 amide bonds. The maximum atomic E-state index is 5.35. The van der Waals surface area contributed by atoms with Gasteiger partial charge in [-0.2, -0.15) is 0 Å². The van der Waals surface area contributed by atoms with Crippen molar-refractivity contribution in [3.05, 3.63) is 0 Å². The molecule has 0 aromatic rings. The second kappa shape index (κ2) is 3.70. The SMILES string of the molecule is COCOC[C@@H]1O[C@@H]1C[C@@H]1CO1. The van der Waals surface area contributed by atoms with Crippen LogP contribution in [0.4, 0.5) is 0 Å². The third kappa shape index (κ3) is 2.42. The number of hydrogen-bond acceptors (Lipinski definition) is 4. The molecule has 4 nitrogen and oxygen atoms in total. The minimum Gasteiger partial charge on any atom is -0.373 e. The molecular weight excluding hydrogens is 160 g/mol. The largest absolute Gasteiger partial charge is 0.373 e. The van der Waals surface area contributed by atoms with Crippen molar-refractivity contribution in [2.24, 2.45) is 0 Å². The summed E-state index contributed by atoms with van der Waals surface area (Å²) in [6.07, 6.45) is 2.14. The van der Waals surface area contributed by atoms with Crippen LogP contribution in [-0.4, -0.2) is 45.4 Å². The third-order valence-corrected chi connectivity index (χ3v) is 2.07. The van der Waals surface area contributed by atoms with E-state index in [0.717, 1.165) is 13.0 Å². The Bertz CT molecular complexity index is 146. The molecular formula is C8H14O4. The fourth-order valence-corrected chi connectivity index (χ4v) is 1.24. The highest BCUT2D eigenvalue weighted by Crippen LogP contribution is 2.30. The van der Waals surface area contributed by atoms with Crippen LogP contribution in [-0.2, 0) is 18.9 Å². The minimum atomic E-state index is 0.282. The van der Waals surface area contributed by atoms with Crippen LogP contribution in [0.5, 0.6) is 0 Å². The first-order valence-electron chi connectivity index (χ1n) is 4.24. The van der Waals surface area contributed by atoms with E-state index in [9.17, 15) is 0 Å². The van der Waals surface area contributed by atoms with Gasteiger partial charge in [0.05, 0.1) is 25.4 Å². The molecule has 2 aliphatic rings. The molecule has 0 aliphatic carbocycles. The molecule has 0 aromatic heterocycles. The van der Waals surface area contributed by atoms with Gasteiger partial charge in [-0.3, -0.25) is 0 Å². The van der Waals surface area contributed by atoms with Gasteiger partial charge in [-0.05, 0) is 0 Å². The molecule has 4 heteroatoms. The van der Waals surface area contributed by atoms with Crippen molar-refractivity contribution in [1.82, 2.24) is 0 Å². The average Bonchev–Trinajstić information content (AvgIpc) is 2.92. The van der Waals surface area contributed by atoms with Gasteiger partial charge in [0.25, 0.3) is 0 Å². The molecule has 2 saturated heterocycles. The Morgan fingerprint density at radius 3 is 2.92 bits per heavy atom. The average molecular weight is 174 g/mol. The summed E-state index contributed by atoms with van der Waals surface area (Å²) in [5.41, 5.74) is 0. The van der Waals surface area contributed by atoms with Crippen molar-refractivity contribution in [3.63, 3.8) is 0 Å². The smallest absolute Gasteiger partial charge is 0.146 e. The third-order valence-electron chi connectivity index (χ3n) is 2.07. The van der Waals surface area contributed by atoms with Gasteiger partial charge in [0.15, 0.2) is 0 Å². The summed E-state index contributed by atoms with van der Waals surface area (Å²) in [6.45, 7) is 1.91. The number of rotatable bonds is 6. The lowest BCUT2D eigenvalue weighted by Crippen LogP contribution is -2.07. The number of hydrogen-bond donors (Lipinski definition) is 0. The maximum Gasteiger partial charge on any atom is 0.146 e. The molecule has 70 valence electrons. The predicted molar refractivity (Wildman–Crippen MR) is 40.8 cm³/mol. The predicted octanol–water partition coefficient (Wildman–Crippen LogP) is 0.163. The lowest BCUT2D eigenvalue weighted by atomic mass is 10.2. The maximum absolute atomic E-state index is 5.35. The molecule has 2 heterocycles. The summed E-state index contributed by atoms with van der Waals surface area (Å²) in [5, 5.41) is 0. The molecule has 0 N–H and O–H groups in total. The Hall–Kier alpha value is -0.160. The second-order valence-corrected chi connectivity index (χ2v) is 3.18. The van der Waals surface area contributed by atoms with Crippen LogP contribution in [0.1, 0.15) is 6.42 Å². The summed E-state index contributed by atoms with van der Waals surface area (Å²) >= 11 is 0. The van der Waals surface area contributed by atoms with Crippen LogP contribution in [0, 0.1) is 0 Å². The molecule has 0 aromatic carbocycles. The molecule has 2 fully saturated rings. The fraction of sp³-hybridized carbons (Fsp3) is 1.00. The second-order valence-electron chi connectivity index (χ2n) is 3.18. The van der Waals surface area contributed by atoms with Gasteiger partial charge in [-0.15, -0.1) is 0 Å². The summed E-state index contributed by atoms with van der Waals surface area (Å²) in [6, 6.07) is 0. The summed E-state index contributed by atoms with van der Waals surface area (Å²) in [5.74, 6) is 0. The quantitative estimate of drug-likeness (QED) is 0.327. The standard InChI is InChI=1S/C8H14O4/c1-9-5-10-4-8-7(12-8)2-6-3-11-6/h6-8H,2-5H2,1H3/t6-,7-,8+/m1/s1. The molecule has 0 unspecified atom stereocenters. The highest BCUT2D eigenvalue weighted by molar-refractivity contribution is 4.89. The van der Waals surface area contributed by atoms with Crippen molar-refractivity contribution in [1.29, 1.82) is 0 Å². The van der Waals surface area contributed by atoms with E-state index in [1.54, 1.807) is 7.11 Å². The molecule has 2 aliphatic heterocycles. The van der Waals surface area contributed by atoms with Gasteiger partial charge >= 0.3 is 0 Å². The first-order chi connectivity index (χ1) is 5.90. The fourth-order valence-electron chi connectivity index (χ4n) is 1.24. The Balaban J connectivity index is 1.48. The molecule has 0 radical (unpaired) electrons. The van der Waals surface area contributed by atoms with Gasteiger partial charge < -0.3 is 18.9 Å². The minimum absolute atomic E-state index is 0.282. The molecule has 0 bridgehead atoms. The van der Waals surface area contributed by atoms with E-state index >= 15 is 0 Å². The van der Waals surface area contributed by atoms with E-state index < -0.39 is 0 Å². The molecule has 0 saturated carbocycles. The summed E-state index contributed by atoms with van der Waals surface area (Å²) in [4.78, 5) is 0. The van der Waals surface area contributed by atoms with E-state index in [1.807, 2.05) is 0 Å². The topological polar surface area (TPSA) is 43.5 Å². The Kier molecular flexibility index (Phi) is 2.60. The Morgan fingerprint density at radius 2 is 2.25 bits per heavy atom. The molecule has 12 heavy (non-hydrogen) atoms. The summed E-state index contributed by atoms with van der Waals surface area (Å²) < 4.78 is 20.3. The molecule has 3 atom stereocenters. The van der Waals surface area contributed by atoms with E-state index in [2.05, 4.69) is 0 Å². The van der Waals surface area contributed by atoms with Crippen molar-refractivity contribution in [2.75, 3.05) is 27.1 Å². The zero-order valence-electron chi connectivity index (χ0n) is 7.19. The first kappa shape index (κ1) is 8.44. The van der Waals surface area contributed by atoms with Crippen molar-refractivity contribution in [2.45, 2.75) is 24.7 Å². The zero-order valence-corrected chi connectivity index (χ0v) is 7.19. The van der Waals surface area contributed by atoms with Crippen molar-refractivity contribution in [3.8, 4) is 0 Å². The number of epoxide rings is 2. The number of ether oxygens (including phenoxy) is 4. The van der Waals surface area contributed by atoms with Crippen LogP contribution < -0.4 is 0 Å². The van der Waals surface area contributed by atoms with E-state index in [-0.39, 0.29) is 6.10 Å². The monoisotopic (exact) mass is 174 g/mol. The van der Waals surface area contributed by atoms with Crippen LogP contribution in [0.2, 0.25) is 0 Å². The van der Waals surface area contributed by atoms with E-state index in [0.29, 0.717) is 25.6 Å². The molecule has 0 spiro atoms. The number of methoxy groups -OCH3 is 1. The van der Waals surface area contributed by atoms with Gasteiger partial charge in [0, 0.05) is 13.5 Å². The molecule has 2 rings (SSSR count). The van der Waals surface area contributed by atoms with Crippen molar-refractivity contribution >= 4 is 0 Å². The van der Waals surface area contributed by atoms with Crippen LogP contribution in [0.25, 0.3) is 0 Å². The van der Waals surface area contributed by atoms with Gasteiger partial charge in [-0.1, -0.05) is 0 Å². The van der Waals surface area contributed by atoms with Crippen LogP contribution in [0.3, 0.4) is 0 Å². The van der Waals surface area contributed by atoms with E-state index in [4.69, 9.17) is 18.9 Å². The zero-order chi connectivity index (χ0) is 8.39. The van der Waals surface area contributed by atoms with Gasteiger partial charge in [0.2, 0.25) is 0 Å². The van der Waals surface area contributed by atoms with E-state index in [1.165, 1.54) is 0 Å².